The van der Waals surface area contributed by atoms with Gasteiger partial charge in [-0.05, 0) is 30.7 Å². The van der Waals surface area contributed by atoms with Crippen molar-refractivity contribution in [3.63, 3.8) is 0 Å². The number of hydrogen-bond acceptors (Lipinski definition) is 5. The van der Waals surface area contributed by atoms with Gasteiger partial charge in [0.15, 0.2) is 0 Å². The summed E-state index contributed by atoms with van der Waals surface area (Å²) in [6, 6.07) is 11.7. The van der Waals surface area contributed by atoms with Crippen LogP contribution in [-0.2, 0) is 9.59 Å². The molecule has 2 amide bonds. The molecule has 140 valence electrons. The number of hydrazone groups is 1. The number of hydrogen-bond donors (Lipinski definition) is 2. The first-order valence-electron chi connectivity index (χ1n) is 8.27. The number of amides is 2. The molecule has 27 heavy (non-hydrogen) atoms. The molecule has 1 unspecified atom stereocenters. The molecule has 0 fully saturated rings. The molecule has 3 rings (SSSR count). The fourth-order valence-electron chi connectivity index (χ4n) is 2.81. The summed E-state index contributed by atoms with van der Waals surface area (Å²) in [5, 5.41) is 9.10. The quantitative estimate of drug-likeness (QED) is 0.825. The SMILES string of the molecule is COc1cc(Cl)c(C)cc1NC(=O)C1=NN(c2ccccc2)C(C(N)=O)C1. The normalized spacial score (nSPS) is 16.0. The molecule has 1 atom stereocenters. The minimum Gasteiger partial charge on any atom is -0.495 e. The zero-order valence-corrected chi connectivity index (χ0v) is 15.7. The van der Waals surface area contributed by atoms with Crippen LogP contribution in [0.2, 0.25) is 5.02 Å². The van der Waals surface area contributed by atoms with Crippen LogP contribution in [0.15, 0.2) is 47.6 Å². The van der Waals surface area contributed by atoms with E-state index in [0.29, 0.717) is 22.1 Å². The average molecular weight is 387 g/mol. The fraction of sp³-hybridized carbons (Fsp3) is 0.211. The van der Waals surface area contributed by atoms with Crippen molar-refractivity contribution < 1.29 is 14.3 Å². The predicted molar refractivity (Wildman–Crippen MR) is 105 cm³/mol. The van der Waals surface area contributed by atoms with Crippen molar-refractivity contribution in [2.75, 3.05) is 17.4 Å². The van der Waals surface area contributed by atoms with Gasteiger partial charge in [0.1, 0.15) is 17.5 Å². The van der Waals surface area contributed by atoms with Gasteiger partial charge >= 0.3 is 0 Å². The van der Waals surface area contributed by atoms with Crippen LogP contribution in [0.4, 0.5) is 11.4 Å². The minimum atomic E-state index is -0.720. The molecule has 0 saturated carbocycles. The van der Waals surface area contributed by atoms with Gasteiger partial charge in [-0.3, -0.25) is 14.6 Å². The highest BCUT2D eigenvalue weighted by Crippen LogP contribution is 2.31. The van der Waals surface area contributed by atoms with E-state index in [1.807, 2.05) is 25.1 Å². The molecule has 1 aliphatic rings. The minimum absolute atomic E-state index is 0.116. The van der Waals surface area contributed by atoms with E-state index in [2.05, 4.69) is 10.4 Å². The number of benzene rings is 2. The largest absolute Gasteiger partial charge is 0.495 e. The molecule has 0 aliphatic carbocycles. The Bertz CT molecular complexity index is 915. The fourth-order valence-corrected chi connectivity index (χ4v) is 2.97. The molecule has 0 bridgehead atoms. The molecular weight excluding hydrogens is 368 g/mol. The molecule has 0 spiro atoms. The lowest BCUT2D eigenvalue weighted by molar-refractivity contribution is -0.119. The van der Waals surface area contributed by atoms with Crippen LogP contribution in [0.1, 0.15) is 12.0 Å². The van der Waals surface area contributed by atoms with Crippen molar-refractivity contribution >= 4 is 40.5 Å². The lowest BCUT2D eigenvalue weighted by Gasteiger charge is -2.20. The number of carbonyl (C=O) groups excluding carboxylic acids is 2. The molecule has 2 aromatic carbocycles. The second kappa shape index (κ2) is 7.67. The van der Waals surface area contributed by atoms with Crippen molar-refractivity contribution in [2.24, 2.45) is 10.8 Å². The van der Waals surface area contributed by atoms with Crippen molar-refractivity contribution in [2.45, 2.75) is 19.4 Å². The third kappa shape index (κ3) is 3.88. The van der Waals surface area contributed by atoms with Crippen LogP contribution in [0.5, 0.6) is 5.75 Å². The van der Waals surface area contributed by atoms with E-state index in [-0.39, 0.29) is 12.1 Å². The molecule has 2 aromatic rings. The first-order valence-corrected chi connectivity index (χ1v) is 8.65. The summed E-state index contributed by atoms with van der Waals surface area (Å²) in [6.45, 7) is 1.82. The third-order valence-corrected chi connectivity index (χ3v) is 4.66. The maximum absolute atomic E-state index is 12.7. The van der Waals surface area contributed by atoms with Crippen LogP contribution < -0.4 is 20.8 Å². The Labute approximate surface area is 161 Å². The monoisotopic (exact) mass is 386 g/mol. The summed E-state index contributed by atoms with van der Waals surface area (Å²) >= 11 is 6.09. The van der Waals surface area contributed by atoms with Crippen molar-refractivity contribution in [3.05, 3.63) is 53.1 Å². The van der Waals surface area contributed by atoms with Gasteiger partial charge in [-0.25, -0.2) is 0 Å². The number of rotatable bonds is 5. The third-order valence-electron chi connectivity index (χ3n) is 4.25. The van der Waals surface area contributed by atoms with E-state index in [4.69, 9.17) is 22.1 Å². The van der Waals surface area contributed by atoms with Crippen molar-refractivity contribution in [1.82, 2.24) is 0 Å². The molecule has 3 N–H and O–H groups in total. The van der Waals surface area contributed by atoms with Crippen molar-refractivity contribution in [1.29, 1.82) is 0 Å². The summed E-state index contributed by atoms with van der Waals surface area (Å²) in [7, 11) is 1.49. The smallest absolute Gasteiger partial charge is 0.272 e. The molecule has 0 saturated heterocycles. The number of halogens is 1. The number of anilines is 2. The van der Waals surface area contributed by atoms with Gasteiger partial charge in [0.25, 0.3) is 5.91 Å². The van der Waals surface area contributed by atoms with Gasteiger partial charge in [0.05, 0.1) is 18.5 Å². The molecule has 8 heteroatoms. The van der Waals surface area contributed by atoms with E-state index in [0.717, 1.165) is 5.56 Å². The van der Waals surface area contributed by atoms with Crippen molar-refractivity contribution in [3.8, 4) is 5.75 Å². The predicted octanol–water partition coefficient (Wildman–Crippen LogP) is 2.72. The topological polar surface area (TPSA) is 97.0 Å². The summed E-state index contributed by atoms with van der Waals surface area (Å²) in [5.74, 6) is -0.547. The summed E-state index contributed by atoms with van der Waals surface area (Å²) in [4.78, 5) is 24.6. The average Bonchev–Trinajstić information content (AvgIpc) is 3.11. The number of nitrogens with zero attached hydrogens (tertiary/aromatic N) is 2. The highest BCUT2D eigenvalue weighted by molar-refractivity contribution is 6.44. The van der Waals surface area contributed by atoms with E-state index >= 15 is 0 Å². The van der Waals surface area contributed by atoms with Gasteiger partial charge in [-0.2, -0.15) is 5.10 Å². The van der Waals surface area contributed by atoms with Gasteiger partial charge in [-0.1, -0.05) is 29.8 Å². The number of aryl methyl sites for hydroxylation is 1. The Morgan fingerprint density at radius 3 is 2.63 bits per heavy atom. The molecule has 0 radical (unpaired) electrons. The maximum Gasteiger partial charge on any atom is 0.272 e. The standard InChI is InChI=1S/C19H19ClN4O3/c1-11-8-14(17(27-2)9-13(11)20)22-19(26)15-10-16(18(21)25)24(23-15)12-6-4-3-5-7-12/h3-9,16H,10H2,1-2H3,(H2,21,25)(H,22,26). The van der Waals surface area contributed by atoms with Gasteiger partial charge < -0.3 is 15.8 Å². The van der Waals surface area contributed by atoms with E-state index in [9.17, 15) is 9.59 Å². The molecule has 7 nitrogen and oxygen atoms in total. The second-order valence-electron chi connectivity index (χ2n) is 6.10. The van der Waals surface area contributed by atoms with E-state index in [1.54, 1.807) is 24.3 Å². The highest BCUT2D eigenvalue weighted by Gasteiger charge is 2.35. The van der Waals surface area contributed by atoms with Crippen LogP contribution in [0.25, 0.3) is 0 Å². The van der Waals surface area contributed by atoms with Gasteiger partial charge in [0.2, 0.25) is 5.91 Å². The summed E-state index contributed by atoms with van der Waals surface area (Å²) in [6.07, 6.45) is 0.116. The Kier molecular flexibility index (Phi) is 5.32. The Balaban J connectivity index is 1.87. The Morgan fingerprint density at radius 2 is 2.00 bits per heavy atom. The molecular formula is C19H19ClN4O3. The second-order valence-corrected chi connectivity index (χ2v) is 6.51. The number of para-hydroxylation sites is 1. The first kappa shape index (κ1) is 18.7. The van der Waals surface area contributed by atoms with E-state index in [1.165, 1.54) is 12.1 Å². The number of carbonyl (C=O) groups is 2. The van der Waals surface area contributed by atoms with E-state index < -0.39 is 17.9 Å². The zero-order valence-electron chi connectivity index (χ0n) is 14.9. The zero-order chi connectivity index (χ0) is 19.6. The van der Waals surface area contributed by atoms with Crippen LogP contribution in [-0.4, -0.2) is 30.7 Å². The Hall–Kier alpha value is -3.06. The molecule has 1 heterocycles. The van der Waals surface area contributed by atoms with Crippen LogP contribution in [0, 0.1) is 6.92 Å². The number of nitrogens with one attached hydrogen (secondary N) is 1. The maximum atomic E-state index is 12.7. The first-order chi connectivity index (χ1) is 12.9. The number of methoxy groups -OCH3 is 1. The molecule has 0 aromatic heterocycles. The van der Waals surface area contributed by atoms with Crippen LogP contribution in [0.3, 0.4) is 0 Å². The van der Waals surface area contributed by atoms with Crippen LogP contribution >= 0.6 is 11.6 Å². The lowest BCUT2D eigenvalue weighted by Crippen LogP contribution is -2.39. The summed E-state index contributed by atoms with van der Waals surface area (Å²) < 4.78 is 5.27. The van der Waals surface area contributed by atoms with Gasteiger partial charge in [0, 0.05) is 17.5 Å². The number of ether oxygens (including phenoxy) is 1. The lowest BCUT2D eigenvalue weighted by atomic mass is 10.1. The van der Waals surface area contributed by atoms with Gasteiger partial charge in [-0.15, -0.1) is 0 Å². The molecule has 1 aliphatic heterocycles. The Morgan fingerprint density at radius 1 is 1.30 bits per heavy atom. The summed E-state index contributed by atoms with van der Waals surface area (Å²) in [5.41, 5.74) is 7.66. The highest BCUT2D eigenvalue weighted by atomic mass is 35.5. The number of primary amides is 1. The number of nitrogens with two attached hydrogens (primary N) is 1.